The van der Waals surface area contributed by atoms with Crippen molar-refractivity contribution < 1.29 is 32.8 Å². The van der Waals surface area contributed by atoms with Gasteiger partial charge >= 0.3 is 12.1 Å². The van der Waals surface area contributed by atoms with Crippen LogP contribution in [0.1, 0.15) is 42.2 Å². The number of carbonyl (C=O) groups excluding carboxylic acids is 1. The predicted octanol–water partition coefficient (Wildman–Crippen LogP) is 3.57. The average molecular weight is 385 g/mol. The van der Waals surface area contributed by atoms with Crippen LogP contribution < -0.4 is 4.74 Å². The number of aryl methyl sites for hydroxylation is 1. The Morgan fingerprint density at radius 3 is 2.63 bits per heavy atom. The first-order chi connectivity index (χ1) is 12.8. The first-order valence-electron chi connectivity index (χ1n) is 8.41. The van der Waals surface area contributed by atoms with Crippen LogP contribution in [0.5, 0.6) is 5.88 Å². The van der Waals surface area contributed by atoms with E-state index in [1.54, 1.807) is 6.92 Å². The van der Waals surface area contributed by atoms with E-state index in [9.17, 15) is 18.0 Å². The Balaban J connectivity index is 1.75. The molecule has 0 saturated heterocycles. The van der Waals surface area contributed by atoms with Crippen LogP contribution in [0.3, 0.4) is 0 Å². The highest BCUT2D eigenvalue weighted by Crippen LogP contribution is 2.53. The summed E-state index contributed by atoms with van der Waals surface area (Å²) in [5.74, 6) is -0.511. The third-order valence-corrected chi connectivity index (χ3v) is 4.80. The quantitative estimate of drug-likeness (QED) is 0.604. The second-order valence-corrected chi connectivity index (χ2v) is 6.41. The normalized spacial score (nSPS) is 15.9. The summed E-state index contributed by atoms with van der Waals surface area (Å²) in [5, 5.41) is 12.6. The Morgan fingerprint density at radius 1 is 1.33 bits per heavy atom. The minimum Gasteiger partial charge on any atom is -0.476 e. The molecule has 0 aromatic carbocycles. The molecule has 146 valence electrons. The third kappa shape index (κ3) is 3.61. The largest absolute Gasteiger partial charge is 0.476 e. The van der Waals surface area contributed by atoms with Crippen LogP contribution in [0.15, 0.2) is 24.4 Å². The molecule has 1 fully saturated rings. The van der Waals surface area contributed by atoms with Crippen LogP contribution in [0.4, 0.5) is 13.2 Å². The summed E-state index contributed by atoms with van der Waals surface area (Å²) in [6.07, 6.45) is -1.76. The van der Waals surface area contributed by atoms with Gasteiger partial charge in [0, 0.05) is 12.3 Å². The van der Waals surface area contributed by atoms with Gasteiger partial charge in [0.1, 0.15) is 12.0 Å². The number of aromatic nitrogens is 3. The number of rotatable bonds is 6. The van der Waals surface area contributed by atoms with Gasteiger partial charge in [0.2, 0.25) is 5.88 Å². The predicted molar refractivity (Wildman–Crippen MR) is 86.6 cm³/mol. The molecule has 0 aliphatic heterocycles. The molecule has 0 amide bonds. The van der Waals surface area contributed by atoms with E-state index in [4.69, 9.17) is 9.99 Å². The molecule has 1 N–H and O–H groups in total. The maximum absolute atomic E-state index is 13.2. The first-order valence-corrected chi connectivity index (χ1v) is 8.41. The molecule has 1 saturated carbocycles. The molecular formula is C17H18F3N3O4. The van der Waals surface area contributed by atoms with Crippen molar-refractivity contribution in [2.45, 2.75) is 38.8 Å². The molecule has 7 nitrogen and oxygen atoms in total. The van der Waals surface area contributed by atoms with Crippen molar-refractivity contribution >= 4 is 5.97 Å². The lowest BCUT2D eigenvalue weighted by Crippen LogP contribution is -2.48. The van der Waals surface area contributed by atoms with Gasteiger partial charge in [0.25, 0.3) is 0 Å². The van der Waals surface area contributed by atoms with Crippen molar-refractivity contribution in [1.29, 1.82) is 0 Å². The van der Waals surface area contributed by atoms with Gasteiger partial charge < -0.3 is 4.74 Å². The molecule has 3 rings (SSSR count). The number of nitrogens with zero attached hydrogens (tertiary/aromatic N) is 3. The van der Waals surface area contributed by atoms with Crippen molar-refractivity contribution in [3.8, 4) is 11.7 Å². The zero-order valence-electron chi connectivity index (χ0n) is 14.5. The topological polar surface area (TPSA) is 86.5 Å². The second-order valence-electron chi connectivity index (χ2n) is 6.41. The summed E-state index contributed by atoms with van der Waals surface area (Å²) in [6.45, 7) is 1.30. The SMILES string of the molecule is CCc1nc(-n2ccc(OCC3(C(F)(F)F)CCC3)n2)ccc1C(=O)OO. The number of pyridine rings is 1. The fraction of sp³-hybridized carbons (Fsp3) is 0.471. The summed E-state index contributed by atoms with van der Waals surface area (Å²) < 4.78 is 46.1. The van der Waals surface area contributed by atoms with E-state index < -0.39 is 24.2 Å². The molecule has 1 aliphatic carbocycles. The van der Waals surface area contributed by atoms with Gasteiger partial charge in [-0.2, -0.15) is 18.4 Å². The fourth-order valence-corrected chi connectivity index (χ4v) is 2.96. The zero-order chi connectivity index (χ0) is 19.7. The first kappa shape index (κ1) is 19.2. The summed E-state index contributed by atoms with van der Waals surface area (Å²) >= 11 is 0. The molecule has 0 radical (unpaired) electrons. The molecule has 27 heavy (non-hydrogen) atoms. The smallest absolute Gasteiger partial charge is 0.397 e. The molecule has 10 heteroatoms. The van der Waals surface area contributed by atoms with Crippen molar-refractivity contribution in [2.75, 3.05) is 6.61 Å². The van der Waals surface area contributed by atoms with Gasteiger partial charge in [-0.1, -0.05) is 13.3 Å². The van der Waals surface area contributed by atoms with Crippen molar-refractivity contribution in [1.82, 2.24) is 14.8 Å². The van der Waals surface area contributed by atoms with Gasteiger partial charge in [0.05, 0.1) is 11.3 Å². The van der Waals surface area contributed by atoms with Crippen LogP contribution in [0, 0.1) is 5.41 Å². The molecule has 2 aromatic heterocycles. The minimum atomic E-state index is -4.30. The van der Waals surface area contributed by atoms with E-state index in [0.717, 1.165) is 0 Å². The standard InChI is InChI=1S/C17H18F3N3O4/c1-2-12-11(15(24)27-25)4-5-13(21-12)23-9-6-14(22-23)26-10-16(7-3-8-16)17(18,19)20/h4-6,9,25H,2-3,7-8,10H2,1H3. The Morgan fingerprint density at radius 2 is 2.07 bits per heavy atom. The number of hydrogen-bond donors (Lipinski definition) is 1. The lowest BCUT2D eigenvalue weighted by atomic mass is 9.69. The highest BCUT2D eigenvalue weighted by molar-refractivity contribution is 5.90. The van der Waals surface area contributed by atoms with Crippen molar-refractivity contribution in [2.24, 2.45) is 5.41 Å². The van der Waals surface area contributed by atoms with Gasteiger partial charge in [-0.05, 0) is 31.4 Å². The van der Waals surface area contributed by atoms with Crippen LogP contribution in [-0.2, 0) is 11.3 Å². The van der Waals surface area contributed by atoms with Crippen LogP contribution in [0.2, 0.25) is 0 Å². The highest BCUT2D eigenvalue weighted by atomic mass is 19.4. The lowest BCUT2D eigenvalue weighted by Gasteiger charge is -2.42. The third-order valence-electron chi connectivity index (χ3n) is 4.80. The maximum atomic E-state index is 13.2. The number of halogens is 3. The van der Waals surface area contributed by atoms with Gasteiger partial charge in [-0.25, -0.2) is 14.5 Å². The Bertz CT molecular complexity index is 831. The Labute approximate surface area is 152 Å². The minimum absolute atomic E-state index is 0.0566. The van der Waals surface area contributed by atoms with Crippen molar-refractivity contribution in [3.63, 3.8) is 0 Å². The average Bonchev–Trinajstić information content (AvgIpc) is 3.07. The lowest BCUT2D eigenvalue weighted by molar-refractivity contribution is -0.259. The molecule has 2 aromatic rings. The summed E-state index contributed by atoms with van der Waals surface area (Å²) in [4.78, 5) is 19.5. The van der Waals surface area contributed by atoms with E-state index in [0.29, 0.717) is 24.4 Å². The maximum Gasteiger partial charge on any atom is 0.397 e. The van der Waals surface area contributed by atoms with Crippen LogP contribution in [0.25, 0.3) is 5.82 Å². The Hall–Kier alpha value is -2.62. The molecular weight excluding hydrogens is 367 g/mol. The summed E-state index contributed by atoms with van der Waals surface area (Å²) in [7, 11) is 0. The number of ether oxygens (including phenoxy) is 1. The molecule has 0 unspecified atom stereocenters. The number of alkyl halides is 3. The van der Waals surface area contributed by atoms with E-state index in [1.165, 1.54) is 29.1 Å². The van der Waals surface area contributed by atoms with E-state index in [1.807, 2.05) is 0 Å². The van der Waals surface area contributed by atoms with E-state index >= 15 is 0 Å². The summed E-state index contributed by atoms with van der Waals surface area (Å²) in [6, 6.07) is 4.35. The van der Waals surface area contributed by atoms with E-state index in [-0.39, 0.29) is 24.3 Å². The zero-order valence-corrected chi connectivity index (χ0v) is 14.5. The van der Waals surface area contributed by atoms with E-state index in [2.05, 4.69) is 15.0 Å². The number of hydrogen-bond acceptors (Lipinski definition) is 6. The molecule has 0 spiro atoms. The van der Waals surface area contributed by atoms with Crippen LogP contribution >= 0.6 is 0 Å². The van der Waals surface area contributed by atoms with Crippen LogP contribution in [-0.4, -0.2) is 38.8 Å². The Kier molecular flexibility index (Phi) is 5.09. The van der Waals surface area contributed by atoms with Gasteiger partial charge in [-0.15, -0.1) is 5.10 Å². The fourth-order valence-electron chi connectivity index (χ4n) is 2.96. The highest BCUT2D eigenvalue weighted by Gasteiger charge is 2.58. The van der Waals surface area contributed by atoms with Gasteiger partial charge in [-0.3, -0.25) is 4.89 Å². The molecule has 0 bridgehead atoms. The monoisotopic (exact) mass is 385 g/mol. The number of carbonyl (C=O) groups is 1. The molecule has 2 heterocycles. The summed E-state index contributed by atoms with van der Waals surface area (Å²) in [5.41, 5.74) is -1.30. The van der Waals surface area contributed by atoms with Crippen molar-refractivity contribution in [3.05, 3.63) is 35.7 Å². The molecule has 0 atom stereocenters. The molecule has 1 aliphatic rings. The van der Waals surface area contributed by atoms with Gasteiger partial charge in [0.15, 0.2) is 5.82 Å². The second kappa shape index (κ2) is 7.18.